The second kappa shape index (κ2) is 10.3. The van der Waals surface area contributed by atoms with E-state index in [0.29, 0.717) is 18.0 Å². The maximum atomic E-state index is 13.0. The van der Waals surface area contributed by atoms with E-state index in [-0.39, 0.29) is 17.7 Å². The van der Waals surface area contributed by atoms with Crippen molar-refractivity contribution in [3.8, 4) is 11.5 Å². The number of carbonyl (C=O) groups is 1. The second-order valence-electron chi connectivity index (χ2n) is 7.62. The molecule has 0 unspecified atom stereocenters. The number of amides is 1. The predicted octanol–water partition coefficient (Wildman–Crippen LogP) is 5.01. The lowest BCUT2D eigenvalue weighted by Gasteiger charge is -2.38. The Bertz CT molecular complexity index is 707. The highest BCUT2D eigenvalue weighted by molar-refractivity contribution is 9.09. The van der Waals surface area contributed by atoms with Crippen LogP contribution in [0.15, 0.2) is 23.3 Å². The van der Waals surface area contributed by atoms with E-state index in [4.69, 9.17) is 14.6 Å². The molecule has 5 nitrogen and oxygen atoms in total. The molecule has 154 valence electrons. The zero-order valence-corrected chi connectivity index (χ0v) is 18.5. The van der Waals surface area contributed by atoms with Crippen molar-refractivity contribution >= 4 is 27.5 Å². The Labute approximate surface area is 176 Å². The first-order valence-electron chi connectivity index (χ1n) is 10.4. The van der Waals surface area contributed by atoms with Crippen LogP contribution in [0.2, 0.25) is 0 Å². The van der Waals surface area contributed by atoms with Gasteiger partial charge in [-0.25, -0.2) is 5.01 Å². The Kier molecular flexibility index (Phi) is 7.77. The van der Waals surface area contributed by atoms with E-state index in [1.165, 1.54) is 12.8 Å². The molecule has 1 saturated carbocycles. The minimum Gasteiger partial charge on any atom is -0.493 e. The smallest absolute Gasteiger partial charge is 0.246 e. The van der Waals surface area contributed by atoms with Crippen molar-refractivity contribution in [1.82, 2.24) is 5.01 Å². The average Bonchev–Trinajstić information content (AvgIpc) is 2.74. The Morgan fingerprint density at radius 3 is 2.46 bits per heavy atom. The van der Waals surface area contributed by atoms with E-state index < -0.39 is 0 Å². The van der Waals surface area contributed by atoms with Gasteiger partial charge >= 0.3 is 0 Å². The Morgan fingerprint density at radius 2 is 1.75 bits per heavy atom. The minimum atomic E-state index is 0.0666. The molecular formula is C22H31BrN2O3. The molecule has 1 aliphatic carbocycles. The van der Waals surface area contributed by atoms with Crippen LogP contribution in [0.1, 0.15) is 56.9 Å². The lowest BCUT2D eigenvalue weighted by Crippen LogP contribution is -2.46. The molecule has 1 amide bonds. The molecule has 0 bridgehead atoms. The summed E-state index contributed by atoms with van der Waals surface area (Å²) >= 11 is 3.48. The summed E-state index contributed by atoms with van der Waals surface area (Å²) in [6, 6.07) is 5.96. The summed E-state index contributed by atoms with van der Waals surface area (Å²) in [4.78, 5) is 13.0. The van der Waals surface area contributed by atoms with Crippen LogP contribution < -0.4 is 9.47 Å². The van der Waals surface area contributed by atoms with E-state index in [1.807, 2.05) is 18.2 Å². The van der Waals surface area contributed by atoms with E-state index in [2.05, 4.69) is 15.9 Å². The highest BCUT2D eigenvalue weighted by Gasteiger charge is 2.41. The van der Waals surface area contributed by atoms with Crippen LogP contribution >= 0.6 is 15.9 Å². The summed E-state index contributed by atoms with van der Waals surface area (Å²) in [6.45, 7) is 0.709. The molecule has 1 aromatic carbocycles. The van der Waals surface area contributed by atoms with Crippen LogP contribution in [0.5, 0.6) is 11.5 Å². The van der Waals surface area contributed by atoms with Crippen molar-refractivity contribution in [1.29, 1.82) is 0 Å². The second-order valence-corrected chi connectivity index (χ2v) is 8.41. The van der Waals surface area contributed by atoms with Crippen molar-refractivity contribution in [2.24, 2.45) is 16.9 Å². The zero-order valence-electron chi connectivity index (χ0n) is 17.0. The van der Waals surface area contributed by atoms with Crippen LogP contribution in [-0.4, -0.2) is 42.7 Å². The Morgan fingerprint density at radius 1 is 1.04 bits per heavy atom. The number of hydrazone groups is 1. The van der Waals surface area contributed by atoms with Crippen molar-refractivity contribution < 1.29 is 14.3 Å². The van der Waals surface area contributed by atoms with Gasteiger partial charge in [-0.15, -0.1) is 0 Å². The molecule has 1 aliphatic heterocycles. The molecule has 2 atom stereocenters. The molecule has 0 spiro atoms. The van der Waals surface area contributed by atoms with Gasteiger partial charge in [0.25, 0.3) is 0 Å². The predicted molar refractivity (Wildman–Crippen MR) is 116 cm³/mol. The molecule has 1 fully saturated rings. The Hall–Kier alpha value is -1.56. The number of fused-ring (bicyclic) bond motifs is 1. The molecule has 3 rings (SSSR count). The highest BCUT2D eigenvalue weighted by atomic mass is 79.9. The van der Waals surface area contributed by atoms with Crippen molar-refractivity contribution in [3.63, 3.8) is 0 Å². The summed E-state index contributed by atoms with van der Waals surface area (Å²) in [6.07, 6.45) is 8.78. The molecule has 1 heterocycles. The van der Waals surface area contributed by atoms with E-state index >= 15 is 0 Å². The van der Waals surface area contributed by atoms with Gasteiger partial charge in [0.05, 0.1) is 19.9 Å². The number of unbranched alkanes of at least 4 members (excludes halogenated alkanes) is 3. The molecule has 6 heteroatoms. The fraction of sp³-hybridized carbons (Fsp3) is 0.636. The number of benzene rings is 1. The van der Waals surface area contributed by atoms with E-state index in [0.717, 1.165) is 55.1 Å². The van der Waals surface area contributed by atoms with Crippen LogP contribution in [0.4, 0.5) is 0 Å². The number of carbonyl (C=O) groups excluding carboxylic acids is 1. The van der Waals surface area contributed by atoms with Crippen molar-refractivity contribution in [2.75, 3.05) is 26.1 Å². The maximum Gasteiger partial charge on any atom is 0.246 e. The lowest BCUT2D eigenvalue weighted by atomic mass is 9.73. The number of rotatable bonds is 9. The molecule has 0 saturated heterocycles. The first-order valence-corrected chi connectivity index (χ1v) is 11.5. The number of methoxy groups -OCH3 is 2. The third-order valence-corrected chi connectivity index (χ3v) is 6.41. The van der Waals surface area contributed by atoms with Gasteiger partial charge in [0.1, 0.15) is 0 Å². The minimum absolute atomic E-state index is 0.0666. The number of halogens is 1. The van der Waals surface area contributed by atoms with E-state index in [1.54, 1.807) is 19.2 Å². The average molecular weight is 451 g/mol. The van der Waals surface area contributed by atoms with Crippen LogP contribution in [-0.2, 0) is 4.79 Å². The quantitative estimate of drug-likeness (QED) is 0.392. The van der Waals surface area contributed by atoms with Crippen LogP contribution in [0.3, 0.4) is 0 Å². The largest absolute Gasteiger partial charge is 0.493 e. The van der Waals surface area contributed by atoms with Gasteiger partial charge in [0.15, 0.2) is 11.5 Å². The van der Waals surface area contributed by atoms with Gasteiger partial charge in [0, 0.05) is 29.3 Å². The molecule has 1 aromatic rings. The molecule has 0 N–H and O–H groups in total. The number of hydrogen-bond donors (Lipinski definition) is 0. The number of ether oxygens (including phenoxy) is 2. The molecule has 28 heavy (non-hydrogen) atoms. The first-order chi connectivity index (χ1) is 13.7. The number of hydrogen-bond acceptors (Lipinski definition) is 4. The molecule has 2 aliphatic rings. The fourth-order valence-corrected chi connectivity index (χ4v) is 4.73. The van der Waals surface area contributed by atoms with Crippen LogP contribution in [0.25, 0.3) is 0 Å². The first kappa shape index (κ1) is 21.2. The number of alkyl halides is 1. The summed E-state index contributed by atoms with van der Waals surface area (Å²) < 4.78 is 10.9. The summed E-state index contributed by atoms with van der Waals surface area (Å²) in [5.74, 6) is 1.91. The Balaban J connectivity index is 1.85. The fourth-order valence-electron chi connectivity index (χ4n) is 4.34. The van der Waals surface area contributed by atoms with Crippen molar-refractivity contribution in [2.45, 2.75) is 51.4 Å². The normalized spacial score (nSPS) is 21.9. The van der Waals surface area contributed by atoms with Gasteiger partial charge in [-0.2, -0.15) is 5.10 Å². The SMILES string of the molecule is COc1ccc(C2=NN(CCCCCCBr)C(=O)[C@H]3CCCC[C@@H]23)cc1OC. The summed E-state index contributed by atoms with van der Waals surface area (Å²) in [5, 5.41) is 7.65. The van der Waals surface area contributed by atoms with Crippen LogP contribution in [0, 0.1) is 11.8 Å². The monoisotopic (exact) mass is 450 g/mol. The van der Waals surface area contributed by atoms with Gasteiger partial charge in [-0.1, -0.05) is 41.6 Å². The summed E-state index contributed by atoms with van der Waals surface area (Å²) in [5.41, 5.74) is 2.07. The number of nitrogens with zero attached hydrogens (tertiary/aromatic N) is 2. The van der Waals surface area contributed by atoms with E-state index in [9.17, 15) is 4.79 Å². The topological polar surface area (TPSA) is 51.1 Å². The molecule has 0 radical (unpaired) electrons. The van der Waals surface area contributed by atoms with Gasteiger partial charge in [-0.3, -0.25) is 4.79 Å². The lowest BCUT2D eigenvalue weighted by molar-refractivity contribution is -0.139. The molecular weight excluding hydrogens is 420 g/mol. The summed E-state index contributed by atoms with van der Waals surface area (Å²) in [7, 11) is 3.29. The van der Waals surface area contributed by atoms with Gasteiger partial charge in [0.2, 0.25) is 5.91 Å². The zero-order chi connectivity index (χ0) is 19.9. The standard InChI is InChI=1S/C22H31BrN2O3/c1-27-19-12-11-16(15-20(19)28-2)21-17-9-5-6-10-18(17)22(26)25(24-21)14-8-4-3-7-13-23/h11-12,15,17-18H,3-10,13-14H2,1-2H3/t17-,18+/m1/s1. The third kappa shape index (κ3) is 4.70. The molecule has 0 aromatic heterocycles. The highest BCUT2D eigenvalue weighted by Crippen LogP contribution is 2.39. The van der Waals surface area contributed by atoms with Gasteiger partial charge < -0.3 is 9.47 Å². The maximum absolute atomic E-state index is 13.0. The van der Waals surface area contributed by atoms with Gasteiger partial charge in [-0.05, 0) is 43.9 Å². The third-order valence-electron chi connectivity index (χ3n) is 5.85. The van der Waals surface area contributed by atoms with Crippen molar-refractivity contribution in [3.05, 3.63) is 23.8 Å².